The van der Waals surface area contributed by atoms with E-state index in [-0.39, 0.29) is 0 Å². The predicted octanol–water partition coefficient (Wildman–Crippen LogP) is 4.14. The van der Waals surface area contributed by atoms with E-state index in [1.54, 1.807) is 0 Å². The van der Waals surface area contributed by atoms with Crippen molar-refractivity contribution in [3.63, 3.8) is 0 Å². The van der Waals surface area contributed by atoms with Crippen molar-refractivity contribution >= 4 is 0 Å². The number of benzene rings is 1. The molecule has 1 aromatic rings. The summed E-state index contributed by atoms with van der Waals surface area (Å²) in [5.74, 6) is 1.47. The van der Waals surface area contributed by atoms with Gasteiger partial charge in [0.1, 0.15) is 0 Å². The smallest absolute Gasteiger partial charge is 0.0165 e. The van der Waals surface area contributed by atoms with Crippen molar-refractivity contribution in [3.05, 3.63) is 35.4 Å². The van der Waals surface area contributed by atoms with Gasteiger partial charge in [-0.3, -0.25) is 0 Å². The molecule has 72 valence electrons. The lowest BCUT2D eigenvalue weighted by molar-refractivity contribution is 0.473. The molecular formula is C13H20. The first-order valence-electron chi connectivity index (χ1n) is 5.21. The third kappa shape index (κ3) is 2.58. The molecule has 2 atom stereocenters. The molecule has 0 amide bonds. The van der Waals surface area contributed by atoms with E-state index in [4.69, 9.17) is 0 Å². The van der Waals surface area contributed by atoms with Crippen LogP contribution in [0.4, 0.5) is 0 Å². The van der Waals surface area contributed by atoms with Crippen molar-refractivity contribution in [3.8, 4) is 0 Å². The Hall–Kier alpha value is -0.780. The molecule has 0 bridgehead atoms. The van der Waals surface area contributed by atoms with Gasteiger partial charge in [0, 0.05) is 0 Å². The summed E-state index contributed by atoms with van der Waals surface area (Å²) in [7, 11) is 0. The largest absolute Gasteiger partial charge is 0.0651 e. The van der Waals surface area contributed by atoms with E-state index < -0.39 is 0 Å². The Morgan fingerprint density at radius 2 is 1.62 bits per heavy atom. The summed E-state index contributed by atoms with van der Waals surface area (Å²) in [5, 5.41) is 0. The number of rotatable bonds is 3. The SMILES string of the molecule is CCC(C)[C@H](C)c1ccc(C)cc1. The van der Waals surface area contributed by atoms with Crippen LogP contribution in [0.5, 0.6) is 0 Å². The highest BCUT2D eigenvalue weighted by molar-refractivity contribution is 5.24. The summed E-state index contributed by atoms with van der Waals surface area (Å²) in [5.41, 5.74) is 2.82. The van der Waals surface area contributed by atoms with E-state index >= 15 is 0 Å². The third-order valence-electron chi connectivity index (χ3n) is 3.10. The van der Waals surface area contributed by atoms with Gasteiger partial charge in [-0.1, -0.05) is 57.0 Å². The van der Waals surface area contributed by atoms with E-state index in [9.17, 15) is 0 Å². The molecule has 0 spiro atoms. The average Bonchev–Trinajstić information content (AvgIpc) is 2.17. The molecule has 0 aliphatic carbocycles. The van der Waals surface area contributed by atoms with Crippen LogP contribution in [0.2, 0.25) is 0 Å². The first kappa shape index (κ1) is 10.3. The van der Waals surface area contributed by atoms with Crippen molar-refractivity contribution in [2.45, 2.75) is 40.0 Å². The first-order chi connectivity index (χ1) is 6.15. The highest BCUT2D eigenvalue weighted by Crippen LogP contribution is 2.26. The second-order valence-electron chi connectivity index (χ2n) is 4.08. The lowest BCUT2D eigenvalue weighted by atomic mass is 9.87. The number of hydrogen-bond donors (Lipinski definition) is 0. The maximum absolute atomic E-state index is 2.32. The Labute approximate surface area is 82.0 Å². The molecule has 1 rings (SSSR count). The van der Waals surface area contributed by atoms with E-state index in [0.717, 1.165) is 5.92 Å². The molecule has 0 heterocycles. The van der Waals surface area contributed by atoms with Crippen molar-refractivity contribution in [2.75, 3.05) is 0 Å². The van der Waals surface area contributed by atoms with Gasteiger partial charge in [-0.15, -0.1) is 0 Å². The standard InChI is InChI=1S/C13H20/c1-5-11(3)12(4)13-8-6-10(2)7-9-13/h6-9,11-12H,5H2,1-4H3/t11?,12-/m0/s1. The van der Waals surface area contributed by atoms with Crippen molar-refractivity contribution in [2.24, 2.45) is 5.92 Å². The molecule has 0 N–H and O–H groups in total. The van der Waals surface area contributed by atoms with Gasteiger partial charge in [0.05, 0.1) is 0 Å². The van der Waals surface area contributed by atoms with Crippen LogP contribution in [-0.4, -0.2) is 0 Å². The van der Waals surface area contributed by atoms with E-state index in [0.29, 0.717) is 5.92 Å². The van der Waals surface area contributed by atoms with E-state index in [1.807, 2.05) is 0 Å². The fourth-order valence-corrected chi connectivity index (χ4v) is 1.55. The molecule has 1 unspecified atom stereocenters. The van der Waals surface area contributed by atoms with Gasteiger partial charge in [0.2, 0.25) is 0 Å². The van der Waals surface area contributed by atoms with Crippen LogP contribution in [0.25, 0.3) is 0 Å². The van der Waals surface area contributed by atoms with Crippen molar-refractivity contribution < 1.29 is 0 Å². The highest BCUT2D eigenvalue weighted by atomic mass is 14.2. The Morgan fingerprint density at radius 1 is 1.08 bits per heavy atom. The van der Waals surface area contributed by atoms with Crippen LogP contribution in [-0.2, 0) is 0 Å². The van der Waals surface area contributed by atoms with Crippen LogP contribution in [0, 0.1) is 12.8 Å². The first-order valence-corrected chi connectivity index (χ1v) is 5.21. The van der Waals surface area contributed by atoms with Crippen LogP contribution in [0.3, 0.4) is 0 Å². The summed E-state index contributed by atoms with van der Waals surface area (Å²) < 4.78 is 0. The summed E-state index contributed by atoms with van der Waals surface area (Å²) in [6.07, 6.45) is 1.26. The van der Waals surface area contributed by atoms with E-state index in [1.165, 1.54) is 17.5 Å². The average molecular weight is 176 g/mol. The molecule has 0 saturated heterocycles. The summed E-state index contributed by atoms with van der Waals surface area (Å²) in [4.78, 5) is 0. The van der Waals surface area contributed by atoms with Crippen molar-refractivity contribution in [1.29, 1.82) is 0 Å². The van der Waals surface area contributed by atoms with Crippen LogP contribution in [0.1, 0.15) is 44.2 Å². The minimum atomic E-state index is 0.686. The minimum Gasteiger partial charge on any atom is -0.0651 e. The molecule has 0 saturated carbocycles. The number of aryl methyl sites for hydroxylation is 1. The van der Waals surface area contributed by atoms with Crippen LogP contribution in [0.15, 0.2) is 24.3 Å². The minimum absolute atomic E-state index is 0.686. The highest BCUT2D eigenvalue weighted by Gasteiger charge is 2.11. The van der Waals surface area contributed by atoms with Gasteiger partial charge >= 0.3 is 0 Å². The van der Waals surface area contributed by atoms with Gasteiger partial charge in [-0.2, -0.15) is 0 Å². The van der Waals surface area contributed by atoms with Crippen LogP contribution >= 0.6 is 0 Å². The molecule has 0 aliphatic rings. The van der Waals surface area contributed by atoms with Crippen LogP contribution < -0.4 is 0 Å². The fraction of sp³-hybridized carbons (Fsp3) is 0.538. The van der Waals surface area contributed by atoms with Crippen molar-refractivity contribution in [1.82, 2.24) is 0 Å². The van der Waals surface area contributed by atoms with Gasteiger partial charge in [0.15, 0.2) is 0 Å². The fourth-order valence-electron chi connectivity index (χ4n) is 1.55. The Kier molecular flexibility index (Phi) is 3.53. The molecular weight excluding hydrogens is 156 g/mol. The molecule has 0 nitrogen and oxygen atoms in total. The maximum atomic E-state index is 2.32. The maximum Gasteiger partial charge on any atom is -0.0165 e. The van der Waals surface area contributed by atoms with Gasteiger partial charge in [-0.05, 0) is 24.3 Å². The van der Waals surface area contributed by atoms with Gasteiger partial charge in [0.25, 0.3) is 0 Å². The zero-order valence-electron chi connectivity index (χ0n) is 9.17. The number of hydrogen-bond acceptors (Lipinski definition) is 0. The lowest BCUT2D eigenvalue weighted by Gasteiger charge is -2.18. The molecule has 0 heteroatoms. The Balaban J connectivity index is 2.77. The predicted molar refractivity (Wildman–Crippen MR) is 59.0 cm³/mol. The third-order valence-corrected chi connectivity index (χ3v) is 3.10. The summed E-state index contributed by atoms with van der Waals surface area (Å²) >= 11 is 0. The molecule has 0 aliphatic heterocycles. The monoisotopic (exact) mass is 176 g/mol. The summed E-state index contributed by atoms with van der Waals surface area (Å²) in [6, 6.07) is 8.92. The Bertz CT molecular complexity index is 245. The molecule has 0 aromatic heterocycles. The Morgan fingerprint density at radius 3 is 2.08 bits per heavy atom. The quantitative estimate of drug-likeness (QED) is 0.649. The molecule has 13 heavy (non-hydrogen) atoms. The topological polar surface area (TPSA) is 0 Å². The van der Waals surface area contributed by atoms with E-state index in [2.05, 4.69) is 52.0 Å². The summed E-state index contributed by atoms with van der Waals surface area (Å²) in [6.45, 7) is 9.04. The zero-order chi connectivity index (χ0) is 9.84. The zero-order valence-corrected chi connectivity index (χ0v) is 9.17. The van der Waals surface area contributed by atoms with Gasteiger partial charge in [-0.25, -0.2) is 0 Å². The molecule has 0 fully saturated rings. The normalized spacial score (nSPS) is 15.4. The second kappa shape index (κ2) is 4.45. The second-order valence-corrected chi connectivity index (χ2v) is 4.08. The lowest BCUT2D eigenvalue weighted by Crippen LogP contribution is -2.04. The van der Waals surface area contributed by atoms with Gasteiger partial charge < -0.3 is 0 Å². The molecule has 0 radical (unpaired) electrons. The molecule has 1 aromatic carbocycles.